The Morgan fingerprint density at radius 2 is 1.59 bits per heavy atom. The number of hydrogen-bond donors (Lipinski definition) is 2. The van der Waals surface area contributed by atoms with E-state index in [1.807, 2.05) is 0 Å². The van der Waals surface area contributed by atoms with Crippen molar-refractivity contribution in [1.82, 2.24) is 9.55 Å². The molecule has 176 valence electrons. The van der Waals surface area contributed by atoms with E-state index in [-0.39, 0.29) is 11.1 Å². The molecule has 4 atom stereocenters. The number of esters is 2. The zero-order chi connectivity index (χ0) is 24.2. The summed E-state index contributed by atoms with van der Waals surface area (Å²) in [6, 6.07) is 16.0. The van der Waals surface area contributed by atoms with Crippen LogP contribution >= 0.6 is 0 Å². The van der Waals surface area contributed by atoms with Gasteiger partial charge in [-0.2, -0.15) is 4.39 Å². The van der Waals surface area contributed by atoms with Gasteiger partial charge in [-0.05, 0) is 24.3 Å². The summed E-state index contributed by atoms with van der Waals surface area (Å²) in [5, 5.41) is 10.8. The second kappa shape index (κ2) is 9.81. The summed E-state index contributed by atoms with van der Waals surface area (Å²) in [6.45, 7) is -0.450. The van der Waals surface area contributed by atoms with E-state index in [9.17, 15) is 28.7 Å². The van der Waals surface area contributed by atoms with Gasteiger partial charge >= 0.3 is 17.6 Å². The van der Waals surface area contributed by atoms with E-state index in [4.69, 9.17) is 14.2 Å². The van der Waals surface area contributed by atoms with E-state index < -0.39 is 60.2 Å². The first kappa shape index (κ1) is 23.1. The molecule has 1 aliphatic rings. The van der Waals surface area contributed by atoms with Crippen LogP contribution in [0.1, 0.15) is 26.9 Å². The van der Waals surface area contributed by atoms with Gasteiger partial charge in [-0.1, -0.05) is 36.4 Å². The summed E-state index contributed by atoms with van der Waals surface area (Å²) in [5.74, 6) is -2.78. The standard InChI is InChI=1S/C23H19FN2O8/c24-15-11-26(23(31)25-19(15)28)20-17(27)18(34-22(30)14-9-5-2-6-10-14)16(33-20)12-32-21(29)13-7-3-1-4-8-13/h1-11,16-18,20,27H,12H2,(H,25,28,31)/t16-,17+,18?,20-/m1/s1. The third-order valence-electron chi connectivity index (χ3n) is 5.15. The van der Waals surface area contributed by atoms with Crippen LogP contribution in [0.15, 0.2) is 76.4 Å². The molecule has 4 rings (SSSR count). The monoisotopic (exact) mass is 470 g/mol. The molecular weight excluding hydrogens is 451 g/mol. The van der Waals surface area contributed by atoms with Crippen LogP contribution in [0.25, 0.3) is 0 Å². The molecule has 34 heavy (non-hydrogen) atoms. The number of aromatic amines is 1. The molecule has 0 spiro atoms. The number of rotatable bonds is 6. The molecule has 1 unspecified atom stereocenters. The van der Waals surface area contributed by atoms with Gasteiger partial charge in [0.25, 0.3) is 5.56 Å². The number of halogens is 1. The Kier molecular flexibility index (Phi) is 6.66. The lowest BCUT2D eigenvalue weighted by molar-refractivity contribution is -0.0617. The fraction of sp³-hybridized carbons (Fsp3) is 0.217. The predicted octanol–water partition coefficient (Wildman–Crippen LogP) is 1.02. The maximum Gasteiger partial charge on any atom is 0.338 e. The Hall–Kier alpha value is -4.09. The average molecular weight is 470 g/mol. The minimum Gasteiger partial charge on any atom is -0.459 e. The van der Waals surface area contributed by atoms with Crippen molar-refractivity contribution in [3.05, 3.63) is 105 Å². The van der Waals surface area contributed by atoms with Gasteiger partial charge in [-0.15, -0.1) is 0 Å². The van der Waals surface area contributed by atoms with Crippen molar-refractivity contribution in [2.24, 2.45) is 0 Å². The normalized spacial score (nSPS) is 21.7. The first-order valence-electron chi connectivity index (χ1n) is 10.2. The van der Waals surface area contributed by atoms with Crippen molar-refractivity contribution in [1.29, 1.82) is 0 Å². The van der Waals surface area contributed by atoms with Crippen LogP contribution < -0.4 is 11.2 Å². The summed E-state index contributed by atoms with van der Waals surface area (Å²) in [6.07, 6.45) is -5.21. The molecule has 2 aromatic carbocycles. The molecular formula is C23H19FN2O8. The van der Waals surface area contributed by atoms with E-state index >= 15 is 0 Å². The number of carbonyl (C=O) groups is 2. The van der Waals surface area contributed by atoms with Crippen molar-refractivity contribution in [3.63, 3.8) is 0 Å². The van der Waals surface area contributed by atoms with Gasteiger partial charge in [0.15, 0.2) is 12.3 Å². The Labute approximate surface area is 191 Å². The van der Waals surface area contributed by atoms with E-state index in [1.54, 1.807) is 41.4 Å². The fourth-order valence-electron chi connectivity index (χ4n) is 3.46. The van der Waals surface area contributed by atoms with Gasteiger partial charge in [0.05, 0.1) is 17.3 Å². The lowest BCUT2D eigenvalue weighted by Gasteiger charge is -2.21. The van der Waals surface area contributed by atoms with E-state index in [2.05, 4.69) is 0 Å². The third kappa shape index (κ3) is 4.80. The van der Waals surface area contributed by atoms with Crippen LogP contribution in [0.5, 0.6) is 0 Å². The van der Waals surface area contributed by atoms with E-state index in [0.29, 0.717) is 10.8 Å². The quantitative estimate of drug-likeness (QED) is 0.510. The number of nitrogens with one attached hydrogen (secondary N) is 1. The lowest BCUT2D eigenvalue weighted by Crippen LogP contribution is -2.41. The Bertz CT molecular complexity index is 1290. The molecule has 0 bridgehead atoms. The topological polar surface area (TPSA) is 137 Å². The fourth-order valence-corrected chi connectivity index (χ4v) is 3.46. The molecule has 1 saturated heterocycles. The van der Waals surface area contributed by atoms with Crippen LogP contribution in [0.3, 0.4) is 0 Å². The number of aromatic nitrogens is 2. The molecule has 0 aliphatic carbocycles. The molecule has 10 nitrogen and oxygen atoms in total. The van der Waals surface area contributed by atoms with Gasteiger partial charge in [0.2, 0.25) is 5.82 Å². The van der Waals surface area contributed by atoms with E-state index in [1.165, 1.54) is 24.3 Å². The highest BCUT2D eigenvalue weighted by Gasteiger charge is 2.48. The number of benzene rings is 2. The zero-order valence-electron chi connectivity index (χ0n) is 17.5. The predicted molar refractivity (Wildman–Crippen MR) is 114 cm³/mol. The number of aliphatic hydroxyl groups is 1. The first-order valence-corrected chi connectivity index (χ1v) is 10.2. The summed E-state index contributed by atoms with van der Waals surface area (Å²) in [5.41, 5.74) is -1.85. The molecule has 1 aromatic heterocycles. The molecule has 11 heteroatoms. The summed E-state index contributed by atoms with van der Waals surface area (Å²) < 4.78 is 30.8. The minimum absolute atomic E-state index is 0.186. The Morgan fingerprint density at radius 3 is 2.21 bits per heavy atom. The third-order valence-corrected chi connectivity index (χ3v) is 5.15. The van der Waals surface area contributed by atoms with Crippen LogP contribution in [0, 0.1) is 5.82 Å². The summed E-state index contributed by atoms with van der Waals surface area (Å²) in [7, 11) is 0. The molecule has 3 aromatic rings. The van der Waals surface area contributed by atoms with Crippen LogP contribution in [0.2, 0.25) is 0 Å². The summed E-state index contributed by atoms with van der Waals surface area (Å²) >= 11 is 0. The molecule has 0 amide bonds. The maximum absolute atomic E-state index is 13.8. The zero-order valence-corrected chi connectivity index (χ0v) is 17.5. The van der Waals surface area contributed by atoms with Crippen molar-refractivity contribution < 1.29 is 33.3 Å². The number of nitrogens with zero attached hydrogens (tertiary/aromatic N) is 1. The molecule has 2 heterocycles. The minimum atomic E-state index is -1.66. The number of ether oxygens (including phenoxy) is 3. The first-order chi connectivity index (χ1) is 16.3. The lowest BCUT2D eigenvalue weighted by atomic mass is 10.1. The van der Waals surface area contributed by atoms with Crippen molar-refractivity contribution in [2.75, 3.05) is 6.61 Å². The Morgan fingerprint density at radius 1 is 1.00 bits per heavy atom. The Balaban J connectivity index is 1.59. The largest absolute Gasteiger partial charge is 0.459 e. The molecule has 1 fully saturated rings. The maximum atomic E-state index is 13.8. The smallest absolute Gasteiger partial charge is 0.338 e. The molecule has 1 aliphatic heterocycles. The van der Waals surface area contributed by atoms with Gasteiger partial charge in [0, 0.05) is 0 Å². The summed E-state index contributed by atoms with van der Waals surface area (Å²) in [4.78, 5) is 50.2. The number of hydrogen-bond acceptors (Lipinski definition) is 8. The second-order valence-electron chi connectivity index (χ2n) is 7.40. The van der Waals surface area contributed by atoms with Gasteiger partial charge < -0.3 is 19.3 Å². The van der Waals surface area contributed by atoms with Crippen LogP contribution in [-0.4, -0.2) is 51.5 Å². The van der Waals surface area contributed by atoms with E-state index in [0.717, 1.165) is 0 Å². The molecule has 2 N–H and O–H groups in total. The number of carbonyl (C=O) groups excluding carboxylic acids is 2. The van der Waals surface area contributed by atoms with Crippen LogP contribution in [0.4, 0.5) is 4.39 Å². The van der Waals surface area contributed by atoms with Crippen molar-refractivity contribution in [3.8, 4) is 0 Å². The average Bonchev–Trinajstić information content (AvgIpc) is 3.15. The van der Waals surface area contributed by atoms with Crippen molar-refractivity contribution in [2.45, 2.75) is 24.5 Å². The molecule has 0 saturated carbocycles. The van der Waals surface area contributed by atoms with Gasteiger partial charge in [0.1, 0.15) is 18.8 Å². The highest BCUT2D eigenvalue weighted by Crippen LogP contribution is 2.31. The highest BCUT2D eigenvalue weighted by molar-refractivity contribution is 5.90. The number of aliphatic hydroxyl groups excluding tert-OH is 1. The van der Waals surface area contributed by atoms with Crippen molar-refractivity contribution >= 4 is 11.9 Å². The van der Waals surface area contributed by atoms with Crippen LogP contribution in [-0.2, 0) is 14.2 Å². The second-order valence-corrected chi connectivity index (χ2v) is 7.40. The highest BCUT2D eigenvalue weighted by atomic mass is 19.1. The number of H-pyrrole nitrogens is 1. The van der Waals surface area contributed by atoms with Gasteiger partial charge in [-0.25, -0.2) is 14.4 Å². The SMILES string of the molecule is O=C(OC[C@H]1O[C@@H](n2cc(F)c(=O)[nH]c2=O)[C@@H](O)C1OC(=O)c1ccccc1)c1ccccc1. The van der Waals surface area contributed by atoms with Gasteiger partial charge in [-0.3, -0.25) is 14.3 Å². The molecule has 0 radical (unpaired) electrons.